The molecular weight excluding hydrogens is 232 g/mol. The van der Waals surface area contributed by atoms with Gasteiger partial charge in [-0.3, -0.25) is 4.79 Å². The van der Waals surface area contributed by atoms with Crippen LogP contribution in [0.15, 0.2) is 0 Å². The van der Waals surface area contributed by atoms with Crippen molar-refractivity contribution < 1.29 is 14.3 Å². The molecule has 0 saturated carbocycles. The fourth-order valence-electron chi connectivity index (χ4n) is 2.12. The Morgan fingerprint density at radius 2 is 2.17 bits per heavy atom. The van der Waals surface area contributed by atoms with E-state index >= 15 is 0 Å². The van der Waals surface area contributed by atoms with Crippen LogP contribution in [0.5, 0.6) is 0 Å². The number of nitrogens with zero attached hydrogens (tertiary/aromatic N) is 1. The van der Waals surface area contributed by atoms with Crippen LogP contribution in [-0.2, 0) is 9.53 Å². The van der Waals surface area contributed by atoms with Gasteiger partial charge in [-0.05, 0) is 26.2 Å². The highest BCUT2D eigenvalue weighted by Crippen LogP contribution is 2.14. The second-order valence-electron chi connectivity index (χ2n) is 4.80. The number of rotatable bonds is 4. The van der Waals surface area contributed by atoms with Gasteiger partial charge in [-0.15, -0.1) is 0 Å². The molecule has 0 spiro atoms. The number of piperidine rings is 1. The van der Waals surface area contributed by atoms with Crippen LogP contribution in [0.1, 0.15) is 40.0 Å². The normalized spacial score (nSPS) is 21.3. The molecule has 1 rings (SSSR count). The Kier molecular flexibility index (Phi) is 5.95. The van der Waals surface area contributed by atoms with Crippen LogP contribution in [0, 0.1) is 5.92 Å². The molecule has 0 bridgehead atoms. The lowest BCUT2D eigenvalue weighted by Gasteiger charge is -2.34. The van der Waals surface area contributed by atoms with E-state index in [0.717, 1.165) is 25.8 Å². The average Bonchev–Trinajstić information content (AvgIpc) is 2.37. The fraction of sp³-hybridized carbons (Fsp3) is 0.846. The van der Waals surface area contributed by atoms with Crippen LogP contribution in [0.4, 0.5) is 4.79 Å². The van der Waals surface area contributed by atoms with Gasteiger partial charge in [-0.1, -0.05) is 13.8 Å². The van der Waals surface area contributed by atoms with Crippen molar-refractivity contribution in [3.8, 4) is 0 Å². The number of hydrogen-bond acceptors (Lipinski definition) is 3. The minimum absolute atomic E-state index is 0.0193. The molecular formula is C13H24N2O3. The first-order valence-electron chi connectivity index (χ1n) is 6.80. The Labute approximate surface area is 109 Å². The molecule has 5 heteroatoms. The Bertz CT molecular complexity index is 294. The smallest absolute Gasteiger partial charge is 0.407 e. The SMILES string of the molecule is CCOC(=O)N[C@@H]1CCCN(C(=O)[C@@H](C)CC)C1. The van der Waals surface area contributed by atoms with Gasteiger partial charge >= 0.3 is 6.09 Å². The molecule has 0 aromatic rings. The number of carbonyl (C=O) groups is 2. The summed E-state index contributed by atoms with van der Waals surface area (Å²) in [6.45, 7) is 7.50. The van der Waals surface area contributed by atoms with E-state index < -0.39 is 0 Å². The second-order valence-corrected chi connectivity index (χ2v) is 4.80. The van der Waals surface area contributed by atoms with Crippen LogP contribution in [0.25, 0.3) is 0 Å². The highest BCUT2D eigenvalue weighted by molar-refractivity contribution is 5.78. The standard InChI is InChI=1S/C13H24N2O3/c1-4-10(3)12(16)15-8-6-7-11(9-15)14-13(17)18-5-2/h10-11H,4-9H2,1-3H3,(H,14,17)/t10-,11+/m0/s1. The van der Waals surface area contributed by atoms with Crippen molar-refractivity contribution in [2.45, 2.75) is 46.1 Å². The highest BCUT2D eigenvalue weighted by Gasteiger charge is 2.26. The molecule has 2 atom stereocenters. The van der Waals surface area contributed by atoms with Crippen LogP contribution >= 0.6 is 0 Å². The third kappa shape index (κ3) is 4.20. The van der Waals surface area contributed by atoms with Crippen molar-refractivity contribution in [3.63, 3.8) is 0 Å². The minimum atomic E-state index is -0.389. The zero-order chi connectivity index (χ0) is 13.5. The lowest BCUT2D eigenvalue weighted by molar-refractivity contribution is -0.136. The van der Waals surface area contributed by atoms with Gasteiger partial charge in [0, 0.05) is 25.0 Å². The third-order valence-corrected chi connectivity index (χ3v) is 3.36. The number of nitrogens with one attached hydrogen (secondary N) is 1. The zero-order valence-electron chi connectivity index (χ0n) is 11.6. The summed E-state index contributed by atoms with van der Waals surface area (Å²) in [4.78, 5) is 25.3. The van der Waals surface area contributed by atoms with Gasteiger partial charge in [0.15, 0.2) is 0 Å². The molecule has 5 nitrogen and oxygen atoms in total. The fourth-order valence-corrected chi connectivity index (χ4v) is 2.12. The predicted molar refractivity (Wildman–Crippen MR) is 69.2 cm³/mol. The summed E-state index contributed by atoms with van der Waals surface area (Å²) >= 11 is 0. The summed E-state index contributed by atoms with van der Waals surface area (Å²) in [6, 6.07) is 0.0193. The van der Waals surface area contributed by atoms with Crippen molar-refractivity contribution in [2.75, 3.05) is 19.7 Å². The summed E-state index contributed by atoms with van der Waals surface area (Å²) in [6.07, 6.45) is 2.30. The summed E-state index contributed by atoms with van der Waals surface area (Å²) in [7, 11) is 0. The van der Waals surface area contributed by atoms with Crippen LogP contribution in [0.3, 0.4) is 0 Å². The molecule has 0 aromatic carbocycles. The molecule has 1 aliphatic rings. The van der Waals surface area contributed by atoms with Crippen LogP contribution in [-0.4, -0.2) is 42.6 Å². The van der Waals surface area contributed by atoms with Gasteiger partial charge in [0.1, 0.15) is 0 Å². The number of alkyl carbamates (subject to hydrolysis) is 1. The van der Waals surface area contributed by atoms with E-state index in [1.807, 2.05) is 18.7 Å². The van der Waals surface area contributed by atoms with Gasteiger partial charge in [0.05, 0.1) is 6.61 Å². The molecule has 104 valence electrons. The molecule has 18 heavy (non-hydrogen) atoms. The maximum atomic E-state index is 12.1. The summed E-state index contributed by atoms with van der Waals surface area (Å²) in [5, 5.41) is 2.81. The average molecular weight is 256 g/mol. The number of likely N-dealkylation sites (tertiary alicyclic amines) is 1. The van der Waals surface area contributed by atoms with Gasteiger partial charge in [0.2, 0.25) is 5.91 Å². The molecule has 1 N–H and O–H groups in total. The Balaban J connectivity index is 2.45. The quantitative estimate of drug-likeness (QED) is 0.834. The maximum Gasteiger partial charge on any atom is 0.407 e. The monoisotopic (exact) mass is 256 g/mol. The van der Waals surface area contributed by atoms with E-state index in [0.29, 0.717) is 13.2 Å². The van der Waals surface area contributed by atoms with E-state index in [-0.39, 0.29) is 24.0 Å². The molecule has 1 fully saturated rings. The van der Waals surface area contributed by atoms with E-state index in [4.69, 9.17) is 4.74 Å². The van der Waals surface area contributed by atoms with Crippen LogP contribution < -0.4 is 5.32 Å². The van der Waals surface area contributed by atoms with Crippen molar-refractivity contribution in [2.24, 2.45) is 5.92 Å². The largest absolute Gasteiger partial charge is 0.450 e. The second kappa shape index (κ2) is 7.24. The number of ether oxygens (including phenoxy) is 1. The molecule has 1 saturated heterocycles. The Morgan fingerprint density at radius 3 is 2.78 bits per heavy atom. The molecule has 0 radical (unpaired) electrons. The molecule has 0 unspecified atom stereocenters. The van der Waals surface area contributed by atoms with Crippen LogP contribution in [0.2, 0.25) is 0 Å². The highest BCUT2D eigenvalue weighted by atomic mass is 16.5. The first-order valence-corrected chi connectivity index (χ1v) is 6.80. The predicted octanol–water partition coefficient (Wildman–Crippen LogP) is 1.77. The first-order chi connectivity index (χ1) is 8.58. The lowest BCUT2D eigenvalue weighted by Crippen LogP contribution is -2.50. The maximum absolute atomic E-state index is 12.1. The number of hydrogen-bond donors (Lipinski definition) is 1. The van der Waals surface area contributed by atoms with E-state index in [1.54, 1.807) is 6.92 Å². The minimum Gasteiger partial charge on any atom is -0.450 e. The Hall–Kier alpha value is -1.26. The zero-order valence-corrected chi connectivity index (χ0v) is 11.6. The van der Waals surface area contributed by atoms with E-state index in [9.17, 15) is 9.59 Å². The van der Waals surface area contributed by atoms with Gasteiger partial charge in [0.25, 0.3) is 0 Å². The number of amides is 2. The molecule has 1 aliphatic heterocycles. The lowest BCUT2D eigenvalue weighted by atomic mass is 10.0. The van der Waals surface area contributed by atoms with Crippen molar-refractivity contribution in [1.82, 2.24) is 10.2 Å². The van der Waals surface area contributed by atoms with E-state index in [1.165, 1.54) is 0 Å². The van der Waals surface area contributed by atoms with Crippen molar-refractivity contribution >= 4 is 12.0 Å². The molecule has 2 amide bonds. The molecule has 0 aliphatic carbocycles. The third-order valence-electron chi connectivity index (χ3n) is 3.36. The number of carbonyl (C=O) groups excluding carboxylic acids is 2. The summed E-state index contributed by atoms with van der Waals surface area (Å²) in [5.74, 6) is 0.249. The summed E-state index contributed by atoms with van der Waals surface area (Å²) < 4.78 is 4.86. The van der Waals surface area contributed by atoms with E-state index in [2.05, 4.69) is 5.32 Å². The van der Waals surface area contributed by atoms with Gasteiger partial charge in [-0.25, -0.2) is 4.79 Å². The topological polar surface area (TPSA) is 58.6 Å². The molecule has 1 heterocycles. The Morgan fingerprint density at radius 1 is 1.44 bits per heavy atom. The molecule has 0 aromatic heterocycles. The van der Waals surface area contributed by atoms with Gasteiger partial charge in [-0.2, -0.15) is 0 Å². The van der Waals surface area contributed by atoms with Gasteiger partial charge < -0.3 is 15.0 Å². The van der Waals surface area contributed by atoms with Crippen molar-refractivity contribution in [1.29, 1.82) is 0 Å². The summed E-state index contributed by atoms with van der Waals surface area (Å²) in [5.41, 5.74) is 0. The van der Waals surface area contributed by atoms with Crippen molar-refractivity contribution in [3.05, 3.63) is 0 Å². The first kappa shape index (κ1) is 14.8.